The van der Waals surface area contributed by atoms with Crippen LogP contribution in [0.5, 0.6) is 0 Å². The normalized spacial score (nSPS) is 22.1. The van der Waals surface area contributed by atoms with Gasteiger partial charge >= 0.3 is 5.97 Å². The van der Waals surface area contributed by atoms with Gasteiger partial charge in [-0.1, -0.05) is 44.2 Å². The topological polar surface area (TPSA) is 69.5 Å². The van der Waals surface area contributed by atoms with Crippen LogP contribution < -0.4 is 0 Å². The number of carbonyl (C=O) groups excluding carboxylic acids is 1. The van der Waals surface area contributed by atoms with Gasteiger partial charge in [0.05, 0.1) is 19.8 Å². The Labute approximate surface area is 161 Å². The lowest BCUT2D eigenvalue weighted by Gasteiger charge is -2.35. The van der Waals surface area contributed by atoms with E-state index in [-0.39, 0.29) is 18.6 Å². The molecule has 0 amide bonds. The highest BCUT2D eigenvalue weighted by Gasteiger charge is 2.51. The Morgan fingerprint density at radius 1 is 1.07 bits per heavy atom. The molecule has 0 saturated heterocycles. The predicted octanol–water partition coefficient (Wildman–Crippen LogP) is 3.44. The van der Waals surface area contributed by atoms with Crippen molar-refractivity contribution in [3.05, 3.63) is 35.9 Å². The van der Waals surface area contributed by atoms with E-state index in [1.807, 2.05) is 58.0 Å². The zero-order valence-corrected chi connectivity index (χ0v) is 16.9. The lowest BCUT2D eigenvalue weighted by Crippen LogP contribution is -2.54. The smallest absolute Gasteiger partial charge is 0.344 e. The summed E-state index contributed by atoms with van der Waals surface area (Å²) in [4.78, 5) is 22.6. The van der Waals surface area contributed by atoms with Crippen LogP contribution in [-0.4, -0.2) is 49.2 Å². The quantitative estimate of drug-likeness (QED) is 0.686. The molecule has 0 saturated carbocycles. The summed E-state index contributed by atoms with van der Waals surface area (Å²) in [5.74, 6) is 0.442. The van der Waals surface area contributed by atoms with Gasteiger partial charge in [0, 0.05) is 6.42 Å². The van der Waals surface area contributed by atoms with E-state index in [0.29, 0.717) is 31.4 Å². The van der Waals surface area contributed by atoms with Crippen molar-refractivity contribution in [2.24, 2.45) is 15.9 Å². The Kier molecular flexibility index (Phi) is 7.39. The van der Waals surface area contributed by atoms with E-state index >= 15 is 0 Å². The van der Waals surface area contributed by atoms with E-state index in [4.69, 9.17) is 24.2 Å². The van der Waals surface area contributed by atoms with Crippen molar-refractivity contribution < 1.29 is 19.0 Å². The van der Waals surface area contributed by atoms with Gasteiger partial charge in [0.25, 0.3) is 0 Å². The molecule has 1 aliphatic heterocycles. The Balaban J connectivity index is 2.60. The fraction of sp³-hybridized carbons (Fsp3) is 0.571. The second kappa shape index (κ2) is 9.53. The van der Waals surface area contributed by atoms with E-state index in [1.165, 1.54) is 0 Å². The van der Waals surface area contributed by atoms with Crippen molar-refractivity contribution in [1.82, 2.24) is 0 Å². The molecule has 1 heterocycles. The molecule has 0 unspecified atom stereocenters. The van der Waals surface area contributed by atoms with Crippen LogP contribution in [0.15, 0.2) is 40.3 Å². The molecule has 1 aromatic rings. The zero-order chi connectivity index (χ0) is 19.9. The second-order valence-corrected chi connectivity index (χ2v) is 6.68. The molecule has 0 spiro atoms. The summed E-state index contributed by atoms with van der Waals surface area (Å²) in [6, 6.07) is 9.41. The van der Waals surface area contributed by atoms with Crippen LogP contribution in [0, 0.1) is 5.92 Å². The Morgan fingerprint density at radius 2 is 1.74 bits per heavy atom. The summed E-state index contributed by atoms with van der Waals surface area (Å²) in [6.45, 7) is 10.7. The Bertz CT molecular complexity index is 685. The number of nitrogens with zero attached hydrogens (tertiary/aromatic N) is 2. The number of ether oxygens (including phenoxy) is 3. The number of rotatable bonds is 7. The third-order valence-corrected chi connectivity index (χ3v) is 4.28. The van der Waals surface area contributed by atoms with Crippen LogP contribution in [0.2, 0.25) is 0 Å². The molecule has 0 aromatic heterocycles. The highest BCUT2D eigenvalue weighted by atomic mass is 16.5. The summed E-state index contributed by atoms with van der Waals surface area (Å²) in [7, 11) is 0. The highest BCUT2D eigenvalue weighted by Crippen LogP contribution is 2.30. The summed E-state index contributed by atoms with van der Waals surface area (Å²) in [5.41, 5.74) is -0.427. The van der Waals surface area contributed by atoms with Gasteiger partial charge in [0.2, 0.25) is 17.3 Å². The molecule has 0 bridgehead atoms. The summed E-state index contributed by atoms with van der Waals surface area (Å²) < 4.78 is 17.0. The molecule has 6 heteroatoms. The van der Waals surface area contributed by atoms with Crippen molar-refractivity contribution in [2.75, 3.05) is 19.8 Å². The maximum atomic E-state index is 13.1. The zero-order valence-electron chi connectivity index (χ0n) is 16.9. The van der Waals surface area contributed by atoms with Crippen LogP contribution in [0.4, 0.5) is 0 Å². The van der Waals surface area contributed by atoms with Gasteiger partial charge in [-0.2, -0.15) is 0 Å². The van der Waals surface area contributed by atoms with E-state index < -0.39 is 11.5 Å². The standard InChI is InChI=1S/C21H30N2O4/c1-6-25-18-17(15(4)5)22-19(26-7-2)21(23-18,20(24)27-8-3)14-16-12-10-9-11-13-16/h9-13,15,17H,6-8,14H2,1-5H3/t17-,21+/m0/s1. The van der Waals surface area contributed by atoms with Gasteiger partial charge in [-0.05, 0) is 32.3 Å². The van der Waals surface area contributed by atoms with Gasteiger partial charge in [-0.15, -0.1) is 0 Å². The first kappa shape index (κ1) is 20.9. The highest BCUT2D eigenvalue weighted by molar-refractivity contribution is 6.12. The third-order valence-electron chi connectivity index (χ3n) is 4.28. The minimum absolute atomic E-state index is 0.155. The summed E-state index contributed by atoms with van der Waals surface area (Å²) in [5, 5.41) is 0. The molecular weight excluding hydrogens is 344 g/mol. The maximum absolute atomic E-state index is 13.1. The van der Waals surface area contributed by atoms with Gasteiger partial charge in [-0.25, -0.2) is 14.8 Å². The van der Waals surface area contributed by atoms with Gasteiger partial charge in [0.1, 0.15) is 6.04 Å². The number of benzene rings is 1. The number of hydrogen-bond donors (Lipinski definition) is 0. The molecule has 2 rings (SSSR count). The Morgan fingerprint density at radius 3 is 2.30 bits per heavy atom. The van der Waals surface area contributed by atoms with Crippen molar-refractivity contribution in [3.8, 4) is 0 Å². The number of carbonyl (C=O) groups is 1. The molecular formula is C21H30N2O4. The lowest BCUT2D eigenvalue weighted by atomic mass is 9.88. The number of aliphatic imine (C=N–C) groups is 2. The molecule has 1 aromatic carbocycles. The van der Waals surface area contributed by atoms with E-state index in [2.05, 4.69) is 0 Å². The van der Waals surface area contributed by atoms with E-state index in [1.54, 1.807) is 6.92 Å². The van der Waals surface area contributed by atoms with Crippen molar-refractivity contribution in [3.63, 3.8) is 0 Å². The molecule has 0 radical (unpaired) electrons. The van der Waals surface area contributed by atoms with Gasteiger partial charge in [-0.3, -0.25) is 0 Å². The summed E-state index contributed by atoms with van der Waals surface area (Å²) in [6.07, 6.45) is 0.299. The van der Waals surface area contributed by atoms with Crippen LogP contribution in [0.25, 0.3) is 0 Å². The fourth-order valence-electron chi connectivity index (χ4n) is 3.05. The van der Waals surface area contributed by atoms with Crippen molar-refractivity contribution >= 4 is 17.8 Å². The van der Waals surface area contributed by atoms with Gasteiger partial charge < -0.3 is 14.2 Å². The SMILES string of the molecule is CCOC(=O)[C@]1(Cc2ccccc2)N=C(OCC)[C@H](C(C)C)N=C1OCC. The average molecular weight is 374 g/mol. The van der Waals surface area contributed by atoms with E-state index in [0.717, 1.165) is 5.56 Å². The van der Waals surface area contributed by atoms with Gasteiger partial charge in [0.15, 0.2) is 0 Å². The van der Waals surface area contributed by atoms with Crippen molar-refractivity contribution in [1.29, 1.82) is 0 Å². The predicted molar refractivity (Wildman–Crippen MR) is 106 cm³/mol. The largest absolute Gasteiger partial charge is 0.480 e. The third kappa shape index (κ3) is 4.67. The van der Waals surface area contributed by atoms with Crippen LogP contribution in [0.1, 0.15) is 40.2 Å². The molecule has 6 nitrogen and oxygen atoms in total. The van der Waals surface area contributed by atoms with Crippen molar-refractivity contribution in [2.45, 2.75) is 52.6 Å². The van der Waals surface area contributed by atoms with Crippen LogP contribution >= 0.6 is 0 Å². The fourth-order valence-corrected chi connectivity index (χ4v) is 3.05. The molecule has 0 fully saturated rings. The maximum Gasteiger partial charge on any atom is 0.344 e. The van der Waals surface area contributed by atoms with E-state index in [9.17, 15) is 4.79 Å². The average Bonchev–Trinajstić information content (AvgIpc) is 2.64. The molecule has 1 aliphatic rings. The monoisotopic (exact) mass is 374 g/mol. The van der Waals surface area contributed by atoms with Crippen LogP contribution in [-0.2, 0) is 25.4 Å². The number of esters is 1. The first-order valence-corrected chi connectivity index (χ1v) is 9.63. The molecule has 2 atom stereocenters. The minimum Gasteiger partial charge on any atom is -0.480 e. The first-order valence-electron chi connectivity index (χ1n) is 9.63. The molecule has 0 aliphatic carbocycles. The summed E-state index contributed by atoms with van der Waals surface area (Å²) >= 11 is 0. The van der Waals surface area contributed by atoms with Crippen LogP contribution in [0.3, 0.4) is 0 Å². The first-order chi connectivity index (χ1) is 13.0. The lowest BCUT2D eigenvalue weighted by molar-refractivity contribution is -0.147. The number of hydrogen-bond acceptors (Lipinski definition) is 6. The molecule has 148 valence electrons. The Hall–Kier alpha value is -2.37. The molecule has 27 heavy (non-hydrogen) atoms. The molecule has 0 N–H and O–H groups in total. The second-order valence-electron chi connectivity index (χ2n) is 6.68. The minimum atomic E-state index is -1.37.